The molecule has 0 radical (unpaired) electrons. The molecule has 1 saturated carbocycles. The van der Waals surface area contributed by atoms with Crippen LogP contribution in [0.15, 0.2) is 47.8 Å². The van der Waals surface area contributed by atoms with Crippen LogP contribution in [0.3, 0.4) is 0 Å². The molecule has 0 saturated heterocycles. The Morgan fingerprint density at radius 3 is 2.54 bits per heavy atom. The SMILES string of the molecule is Cc1ccc(NC(=O)N[C@@H]2CCCC[C@H]2NC(=O)c2csc(COc3ccccc3F)n2)cc1C. The number of nitrogens with one attached hydrogen (secondary N) is 3. The molecule has 1 heterocycles. The Balaban J connectivity index is 1.32. The second-order valence-corrected chi connectivity index (χ2v) is 9.66. The number of urea groups is 1. The minimum Gasteiger partial charge on any atom is -0.483 e. The summed E-state index contributed by atoms with van der Waals surface area (Å²) in [6.45, 7) is 4.10. The Labute approximate surface area is 208 Å². The van der Waals surface area contributed by atoms with Crippen LogP contribution in [0.25, 0.3) is 0 Å². The van der Waals surface area contributed by atoms with Crippen LogP contribution < -0.4 is 20.7 Å². The fourth-order valence-electron chi connectivity index (χ4n) is 4.06. The van der Waals surface area contributed by atoms with Gasteiger partial charge in [0.1, 0.15) is 17.3 Å². The number of hydrogen-bond donors (Lipinski definition) is 3. The number of anilines is 1. The summed E-state index contributed by atoms with van der Waals surface area (Å²) < 4.78 is 19.2. The summed E-state index contributed by atoms with van der Waals surface area (Å²) in [5, 5.41) is 11.2. The lowest BCUT2D eigenvalue weighted by Gasteiger charge is -2.32. The van der Waals surface area contributed by atoms with E-state index in [1.54, 1.807) is 23.6 Å². The molecule has 0 aliphatic heterocycles. The van der Waals surface area contributed by atoms with Crippen molar-refractivity contribution in [2.45, 2.75) is 58.2 Å². The van der Waals surface area contributed by atoms with Gasteiger partial charge in [-0.1, -0.05) is 31.0 Å². The number of nitrogens with zero attached hydrogens (tertiary/aromatic N) is 1. The Morgan fingerprint density at radius 2 is 1.80 bits per heavy atom. The third kappa shape index (κ3) is 6.57. The van der Waals surface area contributed by atoms with Gasteiger partial charge in [0.2, 0.25) is 0 Å². The van der Waals surface area contributed by atoms with Gasteiger partial charge in [-0.3, -0.25) is 4.79 Å². The number of carbonyl (C=O) groups is 2. The predicted octanol–water partition coefficient (Wildman–Crippen LogP) is 5.34. The standard InChI is InChI=1S/C26H29FN4O3S/c1-16-11-12-18(13-17(16)2)28-26(33)31-21-9-5-4-8-20(21)30-25(32)22-15-35-24(29-22)14-34-23-10-6-3-7-19(23)27/h3,6-7,10-13,15,20-21H,4-5,8-9,14H2,1-2H3,(H,30,32)(H2,28,31,33)/t20-,21-/m1/s1. The minimum absolute atomic E-state index is 0.0745. The molecule has 4 rings (SSSR count). The number of amides is 3. The van der Waals surface area contributed by atoms with Crippen LogP contribution >= 0.6 is 11.3 Å². The molecule has 2 aromatic carbocycles. The van der Waals surface area contributed by atoms with Gasteiger partial charge in [0.25, 0.3) is 5.91 Å². The molecule has 1 aromatic heterocycles. The van der Waals surface area contributed by atoms with Gasteiger partial charge in [0, 0.05) is 17.1 Å². The monoisotopic (exact) mass is 496 g/mol. The van der Waals surface area contributed by atoms with Crippen molar-refractivity contribution in [3.63, 3.8) is 0 Å². The molecule has 184 valence electrons. The van der Waals surface area contributed by atoms with Gasteiger partial charge in [-0.25, -0.2) is 14.2 Å². The van der Waals surface area contributed by atoms with E-state index in [0.717, 1.165) is 42.5 Å². The molecule has 1 fully saturated rings. The maximum atomic E-state index is 13.7. The molecule has 2 atom stereocenters. The average molecular weight is 497 g/mol. The lowest BCUT2D eigenvalue weighted by molar-refractivity contribution is 0.0911. The van der Waals surface area contributed by atoms with Gasteiger partial charge in [-0.05, 0) is 62.1 Å². The number of aromatic nitrogens is 1. The number of carbonyl (C=O) groups excluding carboxylic acids is 2. The summed E-state index contributed by atoms with van der Waals surface area (Å²) in [5.41, 5.74) is 3.28. The van der Waals surface area contributed by atoms with Crippen molar-refractivity contribution < 1.29 is 18.7 Å². The molecule has 1 aliphatic carbocycles. The van der Waals surface area contributed by atoms with Crippen LogP contribution in [0.4, 0.5) is 14.9 Å². The highest BCUT2D eigenvalue weighted by Gasteiger charge is 2.28. The molecule has 0 spiro atoms. The summed E-state index contributed by atoms with van der Waals surface area (Å²) in [4.78, 5) is 29.8. The molecule has 7 nitrogen and oxygen atoms in total. The van der Waals surface area contributed by atoms with Gasteiger partial charge in [-0.2, -0.15) is 0 Å². The molecule has 3 N–H and O–H groups in total. The second-order valence-electron chi connectivity index (χ2n) is 8.71. The number of hydrogen-bond acceptors (Lipinski definition) is 5. The number of rotatable bonds is 7. The molecule has 9 heteroatoms. The largest absolute Gasteiger partial charge is 0.483 e. The van der Waals surface area contributed by atoms with Crippen molar-refractivity contribution in [3.8, 4) is 5.75 Å². The highest BCUT2D eigenvalue weighted by atomic mass is 32.1. The lowest BCUT2D eigenvalue weighted by atomic mass is 9.90. The molecule has 3 amide bonds. The maximum absolute atomic E-state index is 13.7. The van der Waals surface area contributed by atoms with E-state index in [9.17, 15) is 14.0 Å². The Hall–Kier alpha value is -3.46. The maximum Gasteiger partial charge on any atom is 0.319 e. The smallest absolute Gasteiger partial charge is 0.319 e. The van der Waals surface area contributed by atoms with E-state index in [-0.39, 0.29) is 42.1 Å². The van der Waals surface area contributed by atoms with E-state index >= 15 is 0 Å². The van der Waals surface area contributed by atoms with Crippen LogP contribution in [0.5, 0.6) is 5.75 Å². The highest BCUT2D eigenvalue weighted by Crippen LogP contribution is 2.21. The lowest BCUT2D eigenvalue weighted by Crippen LogP contribution is -2.54. The van der Waals surface area contributed by atoms with Gasteiger partial charge in [-0.15, -0.1) is 11.3 Å². The summed E-state index contributed by atoms with van der Waals surface area (Å²) in [6.07, 6.45) is 3.51. The first-order valence-electron chi connectivity index (χ1n) is 11.7. The number of thiazole rings is 1. The number of ether oxygens (including phenoxy) is 1. The van der Waals surface area contributed by atoms with Crippen molar-refractivity contribution >= 4 is 29.0 Å². The Kier molecular flexibility index (Phi) is 7.97. The quantitative estimate of drug-likeness (QED) is 0.412. The summed E-state index contributed by atoms with van der Waals surface area (Å²) in [6, 6.07) is 11.3. The molecule has 0 unspecified atom stereocenters. The fourth-order valence-corrected chi connectivity index (χ4v) is 4.74. The molecular weight excluding hydrogens is 467 g/mol. The van der Waals surface area contributed by atoms with E-state index < -0.39 is 5.82 Å². The number of aryl methyl sites for hydroxylation is 2. The fraction of sp³-hybridized carbons (Fsp3) is 0.346. The van der Waals surface area contributed by atoms with E-state index in [1.807, 2.05) is 32.0 Å². The van der Waals surface area contributed by atoms with Crippen LogP contribution in [0.1, 0.15) is 52.3 Å². The topological polar surface area (TPSA) is 92.4 Å². The third-order valence-corrected chi connectivity index (χ3v) is 6.96. The third-order valence-electron chi connectivity index (χ3n) is 6.14. The number of halogens is 1. The van der Waals surface area contributed by atoms with Gasteiger partial charge in [0.05, 0.1) is 6.04 Å². The van der Waals surface area contributed by atoms with E-state index in [1.165, 1.54) is 17.4 Å². The van der Waals surface area contributed by atoms with Crippen molar-refractivity contribution in [1.82, 2.24) is 15.6 Å². The van der Waals surface area contributed by atoms with Crippen LogP contribution in [0, 0.1) is 19.7 Å². The van der Waals surface area contributed by atoms with Gasteiger partial charge >= 0.3 is 6.03 Å². The average Bonchev–Trinajstić information content (AvgIpc) is 3.31. The highest BCUT2D eigenvalue weighted by molar-refractivity contribution is 7.09. The van der Waals surface area contributed by atoms with Crippen molar-refractivity contribution in [3.05, 3.63) is 75.5 Å². The van der Waals surface area contributed by atoms with Crippen LogP contribution in [-0.2, 0) is 6.61 Å². The van der Waals surface area contributed by atoms with Crippen LogP contribution in [-0.4, -0.2) is 29.0 Å². The number of benzene rings is 2. The van der Waals surface area contributed by atoms with Gasteiger partial charge < -0.3 is 20.7 Å². The van der Waals surface area contributed by atoms with Crippen molar-refractivity contribution in [2.75, 3.05) is 5.32 Å². The van der Waals surface area contributed by atoms with Crippen molar-refractivity contribution in [1.29, 1.82) is 0 Å². The zero-order chi connectivity index (χ0) is 24.8. The first kappa shape index (κ1) is 24.7. The Morgan fingerprint density at radius 1 is 1.06 bits per heavy atom. The first-order valence-corrected chi connectivity index (χ1v) is 12.5. The van der Waals surface area contributed by atoms with Crippen LogP contribution in [0.2, 0.25) is 0 Å². The van der Waals surface area contributed by atoms with E-state index in [4.69, 9.17) is 4.74 Å². The molecule has 35 heavy (non-hydrogen) atoms. The van der Waals surface area contributed by atoms with E-state index in [0.29, 0.717) is 5.01 Å². The molecule has 3 aromatic rings. The molecule has 0 bridgehead atoms. The normalized spacial score (nSPS) is 17.5. The summed E-state index contributed by atoms with van der Waals surface area (Å²) in [5.74, 6) is -0.602. The van der Waals surface area contributed by atoms with Gasteiger partial charge in [0.15, 0.2) is 11.6 Å². The first-order chi connectivity index (χ1) is 16.9. The predicted molar refractivity (Wildman–Crippen MR) is 134 cm³/mol. The zero-order valence-corrected chi connectivity index (χ0v) is 20.6. The summed E-state index contributed by atoms with van der Waals surface area (Å²) in [7, 11) is 0. The molecular formula is C26H29FN4O3S. The summed E-state index contributed by atoms with van der Waals surface area (Å²) >= 11 is 1.28. The Bertz CT molecular complexity index is 1200. The zero-order valence-electron chi connectivity index (χ0n) is 19.8. The minimum atomic E-state index is -0.445. The second kappa shape index (κ2) is 11.3. The van der Waals surface area contributed by atoms with E-state index in [2.05, 4.69) is 20.9 Å². The molecule has 1 aliphatic rings. The number of para-hydroxylation sites is 1. The van der Waals surface area contributed by atoms with Crippen molar-refractivity contribution in [2.24, 2.45) is 0 Å².